The second kappa shape index (κ2) is 10.8. The molecule has 42 heavy (non-hydrogen) atoms. The van der Waals surface area contributed by atoms with Gasteiger partial charge in [-0.3, -0.25) is 0 Å². The van der Waals surface area contributed by atoms with Gasteiger partial charge in [0.25, 0.3) is 0 Å². The average Bonchev–Trinajstić information content (AvgIpc) is 3.68. The molecule has 0 saturated carbocycles. The number of rotatable bonds is 5. The minimum Gasteiger partial charge on any atom is -0.235 e. The third-order valence-corrected chi connectivity index (χ3v) is 8.54. The van der Waals surface area contributed by atoms with E-state index in [1.54, 1.807) is 24.8 Å². The van der Waals surface area contributed by atoms with Crippen molar-refractivity contribution >= 4 is 22.7 Å². The molecule has 0 radical (unpaired) electrons. The summed E-state index contributed by atoms with van der Waals surface area (Å²) in [4.78, 5) is 20.9. The molecule has 0 unspecified atom stereocenters. The zero-order chi connectivity index (χ0) is 29.5. The summed E-state index contributed by atoms with van der Waals surface area (Å²) in [6.07, 6.45) is -2.19. The fourth-order valence-corrected chi connectivity index (χ4v) is 6.00. The topological polar surface area (TPSA) is 51.6 Å². The first-order valence-electron chi connectivity index (χ1n) is 12.2. The maximum absolute atomic E-state index is 12.8. The smallest absolute Gasteiger partial charge is 0.235 e. The van der Waals surface area contributed by atoms with E-state index in [9.17, 15) is 26.3 Å². The highest BCUT2D eigenvalue weighted by atomic mass is 32.1. The van der Waals surface area contributed by atoms with Gasteiger partial charge in [0.15, 0.2) is 11.6 Å². The standard InChI is InChI=1S/C30H16F6N4S2/c31-29(32,33)21-5-1-17(2-6-21)23-9-11-25(41-23)27-37-13-19(14-38-27)20-15-39-28(40-16-20)26-12-10-24(42-26)18-3-7-22(8-4-18)30(34,35)36/h1-16H. The maximum Gasteiger partial charge on any atom is 0.416 e. The van der Waals surface area contributed by atoms with Crippen LogP contribution in [0.25, 0.3) is 53.4 Å². The van der Waals surface area contributed by atoms with E-state index in [0.717, 1.165) is 43.8 Å². The molecule has 0 bridgehead atoms. The van der Waals surface area contributed by atoms with Crippen LogP contribution < -0.4 is 0 Å². The molecular formula is C30H16F6N4S2. The monoisotopic (exact) mass is 610 g/mol. The van der Waals surface area contributed by atoms with Gasteiger partial charge in [-0.05, 0) is 59.7 Å². The maximum atomic E-state index is 12.8. The first kappa shape index (κ1) is 27.7. The van der Waals surface area contributed by atoms with E-state index in [2.05, 4.69) is 19.9 Å². The minimum absolute atomic E-state index is 0.480. The summed E-state index contributed by atoms with van der Waals surface area (Å²) in [6.45, 7) is 0. The molecular weight excluding hydrogens is 594 g/mol. The molecule has 4 nitrogen and oxygen atoms in total. The van der Waals surface area contributed by atoms with Crippen molar-refractivity contribution in [1.82, 2.24) is 19.9 Å². The first-order valence-corrected chi connectivity index (χ1v) is 13.9. The molecule has 2 aromatic carbocycles. The summed E-state index contributed by atoms with van der Waals surface area (Å²) in [5.41, 5.74) is 1.34. The van der Waals surface area contributed by atoms with Crippen molar-refractivity contribution in [2.75, 3.05) is 0 Å². The molecule has 0 aliphatic rings. The number of hydrogen-bond acceptors (Lipinski definition) is 6. The van der Waals surface area contributed by atoms with Gasteiger partial charge in [0.2, 0.25) is 0 Å². The Labute approximate surface area is 243 Å². The Kier molecular flexibility index (Phi) is 7.11. The molecule has 6 rings (SSSR count). The molecule has 0 amide bonds. The Hall–Kier alpha value is -4.42. The zero-order valence-electron chi connectivity index (χ0n) is 21.1. The Balaban J connectivity index is 1.15. The third kappa shape index (κ3) is 5.81. The van der Waals surface area contributed by atoms with Crippen molar-refractivity contribution in [1.29, 1.82) is 0 Å². The van der Waals surface area contributed by atoms with Crippen LogP contribution in [-0.2, 0) is 12.4 Å². The van der Waals surface area contributed by atoms with Gasteiger partial charge in [-0.1, -0.05) is 24.3 Å². The lowest BCUT2D eigenvalue weighted by Gasteiger charge is -2.06. The van der Waals surface area contributed by atoms with Crippen molar-refractivity contribution in [3.05, 3.63) is 109 Å². The van der Waals surface area contributed by atoms with E-state index in [1.807, 2.05) is 24.3 Å². The normalized spacial score (nSPS) is 12.0. The quantitative estimate of drug-likeness (QED) is 0.182. The van der Waals surface area contributed by atoms with Gasteiger partial charge < -0.3 is 0 Å². The Bertz CT molecular complexity index is 1690. The molecule has 0 saturated heterocycles. The predicted molar refractivity (Wildman–Crippen MR) is 151 cm³/mol. The highest BCUT2D eigenvalue weighted by Gasteiger charge is 2.30. The first-order chi connectivity index (χ1) is 20.0. The summed E-state index contributed by atoms with van der Waals surface area (Å²) in [7, 11) is 0. The average molecular weight is 611 g/mol. The van der Waals surface area contributed by atoms with Crippen LogP contribution in [0.4, 0.5) is 26.3 Å². The van der Waals surface area contributed by atoms with Crippen LogP contribution in [0.5, 0.6) is 0 Å². The molecule has 4 aromatic heterocycles. The summed E-state index contributed by atoms with van der Waals surface area (Å²) >= 11 is 2.75. The van der Waals surface area contributed by atoms with Crippen LogP contribution in [0.2, 0.25) is 0 Å². The van der Waals surface area contributed by atoms with E-state index in [-0.39, 0.29) is 0 Å². The highest BCUT2D eigenvalue weighted by molar-refractivity contribution is 7.19. The third-order valence-electron chi connectivity index (χ3n) is 6.28. The number of benzene rings is 2. The second-order valence-corrected chi connectivity index (χ2v) is 11.2. The number of alkyl halides is 6. The summed E-state index contributed by atoms with van der Waals surface area (Å²) < 4.78 is 77.1. The SMILES string of the molecule is FC(F)(F)c1ccc(-c2ccc(-c3ncc(-c4cnc(-c5ccc(-c6ccc(C(F)(F)F)cc6)s5)nc4)cn3)s2)cc1. The molecule has 210 valence electrons. The fraction of sp³-hybridized carbons (Fsp3) is 0.0667. The van der Waals surface area contributed by atoms with E-state index >= 15 is 0 Å². The number of halogens is 6. The minimum atomic E-state index is -4.38. The van der Waals surface area contributed by atoms with Crippen LogP contribution in [0, 0.1) is 0 Å². The van der Waals surface area contributed by atoms with Gasteiger partial charge in [-0.2, -0.15) is 26.3 Å². The van der Waals surface area contributed by atoms with E-state index in [4.69, 9.17) is 0 Å². The fourth-order valence-electron chi connectivity index (χ4n) is 4.08. The van der Waals surface area contributed by atoms with Gasteiger partial charge >= 0.3 is 12.4 Å². The van der Waals surface area contributed by atoms with Crippen molar-refractivity contribution in [2.24, 2.45) is 0 Å². The largest absolute Gasteiger partial charge is 0.416 e. The Morgan fingerprint density at radius 2 is 0.690 bits per heavy atom. The summed E-state index contributed by atoms with van der Waals surface area (Å²) in [5.74, 6) is 0.961. The molecule has 0 aliphatic carbocycles. The summed E-state index contributed by atoms with van der Waals surface area (Å²) in [6, 6.07) is 17.3. The van der Waals surface area contributed by atoms with Gasteiger partial charge in [0.05, 0.1) is 20.9 Å². The molecule has 6 aromatic rings. The van der Waals surface area contributed by atoms with Gasteiger partial charge in [-0.25, -0.2) is 19.9 Å². The van der Waals surface area contributed by atoms with Crippen LogP contribution >= 0.6 is 22.7 Å². The molecule has 12 heteroatoms. The summed E-state index contributed by atoms with van der Waals surface area (Å²) in [5, 5.41) is 0. The second-order valence-electron chi connectivity index (χ2n) is 9.07. The number of aromatic nitrogens is 4. The van der Waals surface area contributed by atoms with E-state index in [1.165, 1.54) is 46.9 Å². The lowest BCUT2D eigenvalue weighted by Crippen LogP contribution is -2.03. The van der Waals surface area contributed by atoms with Crippen LogP contribution in [-0.4, -0.2) is 19.9 Å². The number of hydrogen-bond donors (Lipinski definition) is 0. The lowest BCUT2D eigenvalue weighted by molar-refractivity contribution is -0.138. The van der Waals surface area contributed by atoms with Crippen LogP contribution in [0.15, 0.2) is 97.6 Å². The molecule has 0 aliphatic heterocycles. The van der Waals surface area contributed by atoms with Gasteiger partial charge in [0, 0.05) is 45.7 Å². The Morgan fingerprint density at radius 3 is 1.00 bits per heavy atom. The lowest BCUT2D eigenvalue weighted by atomic mass is 10.1. The number of thiophene rings is 2. The van der Waals surface area contributed by atoms with Crippen molar-refractivity contribution < 1.29 is 26.3 Å². The molecule has 0 N–H and O–H groups in total. The molecule has 0 spiro atoms. The molecule has 0 atom stereocenters. The highest BCUT2D eigenvalue weighted by Crippen LogP contribution is 2.37. The zero-order valence-corrected chi connectivity index (χ0v) is 22.7. The Morgan fingerprint density at radius 1 is 0.381 bits per heavy atom. The van der Waals surface area contributed by atoms with Crippen molar-refractivity contribution in [3.63, 3.8) is 0 Å². The van der Waals surface area contributed by atoms with Crippen molar-refractivity contribution in [3.8, 4) is 53.4 Å². The van der Waals surface area contributed by atoms with E-state index in [0.29, 0.717) is 33.9 Å². The van der Waals surface area contributed by atoms with Crippen molar-refractivity contribution in [2.45, 2.75) is 12.4 Å². The van der Waals surface area contributed by atoms with Crippen LogP contribution in [0.1, 0.15) is 11.1 Å². The molecule has 4 heterocycles. The number of nitrogens with zero attached hydrogens (tertiary/aromatic N) is 4. The van der Waals surface area contributed by atoms with Gasteiger partial charge in [0.1, 0.15) is 0 Å². The van der Waals surface area contributed by atoms with E-state index < -0.39 is 23.5 Å². The predicted octanol–water partition coefficient (Wildman–Crippen LogP) is 9.76. The molecule has 0 fully saturated rings. The van der Waals surface area contributed by atoms with Crippen LogP contribution in [0.3, 0.4) is 0 Å². The van der Waals surface area contributed by atoms with Gasteiger partial charge in [-0.15, -0.1) is 22.7 Å².